The van der Waals surface area contributed by atoms with Crippen LogP contribution < -0.4 is 10.1 Å². The smallest absolute Gasteiger partial charge is 0.249 e. The molecule has 2 aromatic carbocycles. The van der Waals surface area contributed by atoms with E-state index in [1.54, 1.807) is 36.9 Å². The van der Waals surface area contributed by atoms with Crippen molar-refractivity contribution < 1.29 is 33.9 Å². The number of phenols is 2. The molecule has 12 heteroatoms. The number of nitrogens with one attached hydrogen (secondary N) is 1. The molecule has 2 heterocycles. The molecule has 0 unspecified atom stereocenters. The Morgan fingerprint density at radius 3 is 2.57 bits per heavy atom. The molecule has 218 valence electrons. The fraction of sp³-hybridized carbons (Fsp3) is 0.300. The molecule has 2 aliphatic rings. The van der Waals surface area contributed by atoms with Crippen molar-refractivity contribution in [1.29, 1.82) is 0 Å². The molecule has 0 spiro atoms. The molecule has 0 amide bonds. The van der Waals surface area contributed by atoms with Gasteiger partial charge in [-0.1, -0.05) is 28.9 Å². The van der Waals surface area contributed by atoms with Gasteiger partial charge in [-0.15, -0.1) is 0 Å². The van der Waals surface area contributed by atoms with Crippen molar-refractivity contribution in [3.05, 3.63) is 75.0 Å². The summed E-state index contributed by atoms with van der Waals surface area (Å²) in [5.41, 5.74) is -1.02. The summed E-state index contributed by atoms with van der Waals surface area (Å²) in [4.78, 5) is 44.5. The molecule has 0 bridgehead atoms. The molecule has 2 atom stereocenters. The highest BCUT2D eigenvalue weighted by atomic mass is 35.5. The van der Waals surface area contributed by atoms with Gasteiger partial charge >= 0.3 is 0 Å². The number of benzene rings is 2. The Kier molecular flexibility index (Phi) is 7.67. The van der Waals surface area contributed by atoms with E-state index >= 15 is 0 Å². The highest BCUT2D eigenvalue weighted by Crippen LogP contribution is 2.57. The van der Waals surface area contributed by atoms with Crippen LogP contribution in [0.15, 0.2) is 51.9 Å². The lowest BCUT2D eigenvalue weighted by molar-refractivity contribution is -0.123. The van der Waals surface area contributed by atoms with E-state index in [1.807, 2.05) is 12.3 Å². The fourth-order valence-corrected chi connectivity index (χ4v) is 6.01. The second-order valence-corrected chi connectivity index (χ2v) is 11.7. The number of halogens is 1. The van der Waals surface area contributed by atoms with Crippen molar-refractivity contribution in [1.82, 2.24) is 15.5 Å². The number of aromatic nitrogens is 2. The molecule has 0 saturated heterocycles. The standard InChI is InChI=1S/C30H28ClN3O7S/c1-13-24(37)22(15(3)35)26-23(25(13)38)30(4)20(40-26)12-19(36)21(27(30)39)14(2)32-18(10-11-42-5)29-33-28(34-41-29)16-8-6-7-9-17(16)31/h6-9,12,18,32,37-38H,10-11H2,1-5H3/b21-14+/t18-,30-/m0/s1. The second-order valence-electron chi connectivity index (χ2n) is 10.3. The Hall–Kier alpha value is -4.09. The lowest BCUT2D eigenvalue weighted by atomic mass is 9.70. The highest BCUT2D eigenvalue weighted by Gasteiger charge is 2.56. The third-order valence-electron chi connectivity index (χ3n) is 7.62. The average molecular weight is 610 g/mol. The van der Waals surface area contributed by atoms with Gasteiger partial charge in [0.2, 0.25) is 11.7 Å². The van der Waals surface area contributed by atoms with E-state index in [4.69, 9.17) is 20.9 Å². The van der Waals surface area contributed by atoms with Gasteiger partial charge in [0.15, 0.2) is 17.3 Å². The van der Waals surface area contributed by atoms with Crippen LogP contribution in [0.3, 0.4) is 0 Å². The summed E-state index contributed by atoms with van der Waals surface area (Å²) in [6.07, 6.45) is 3.66. The van der Waals surface area contributed by atoms with E-state index < -0.39 is 34.6 Å². The van der Waals surface area contributed by atoms with E-state index in [1.165, 1.54) is 26.8 Å². The van der Waals surface area contributed by atoms with E-state index in [9.17, 15) is 24.6 Å². The minimum atomic E-state index is -1.62. The topological polar surface area (TPSA) is 152 Å². The van der Waals surface area contributed by atoms with E-state index in [2.05, 4.69) is 15.5 Å². The van der Waals surface area contributed by atoms with Crippen molar-refractivity contribution in [3.8, 4) is 28.6 Å². The van der Waals surface area contributed by atoms with Crippen molar-refractivity contribution >= 4 is 40.7 Å². The Balaban J connectivity index is 1.56. The zero-order valence-corrected chi connectivity index (χ0v) is 25.1. The molecule has 0 saturated carbocycles. The number of nitrogens with zero attached hydrogens (tertiary/aromatic N) is 2. The molecule has 1 aliphatic carbocycles. The molecule has 3 aromatic rings. The number of Topliss-reactive ketones (excluding diaryl/α,β-unsaturated/α-hetero) is 2. The molecule has 1 aromatic heterocycles. The number of carbonyl (C=O) groups is 3. The van der Waals surface area contributed by atoms with Gasteiger partial charge in [0.25, 0.3) is 0 Å². The monoisotopic (exact) mass is 609 g/mol. The number of carbonyl (C=O) groups excluding carboxylic acids is 3. The molecule has 5 rings (SSSR count). The zero-order chi connectivity index (χ0) is 30.5. The van der Waals surface area contributed by atoms with Crippen molar-refractivity contribution in [2.24, 2.45) is 0 Å². The molecule has 3 N–H and O–H groups in total. The summed E-state index contributed by atoms with van der Waals surface area (Å²) < 4.78 is 11.4. The van der Waals surface area contributed by atoms with Gasteiger partial charge in [0.1, 0.15) is 40.0 Å². The van der Waals surface area contributed by atoms with Crippen LogP contribution in [0.4, 0.5) is 0 Å². The number of hydrogen-bond donors (Lipinski definition) is 3. The molecular weight excluding hydrogens is 582 g/mol. The maximum absolute atomic E-state index is 14.2. The van der Waals surface area contributed by atoms with Crippen LogP contribution in [0.5, 0.6) is 17.2 Å². The maximum Gasteiger partial charge on any atom is 0.249 e. The maximum atomic E-state index is 14.2. The van der Waals surface area contributed by atoms with Gasteiger partial charge in [-0.3, -0.25) is 14.4 Å². The first-order valence-corrected chi connectivity index (χ1v) is 14.8. The number of fused-ring (bicyclic) bond motifs is 3. The van der Waals surface area contributed by atoms with Crippen LogP contribution in [0.2, 0.25) is 5.02 Å². The third-order valence-corrected chi connectivity index (χ3v) is 8.59. The summed E-state index contributed by atoms with van der Waals surface area (Å²) in [5, 5.41) is 29.4. The van der Waals surface area contributed by atoms with Crippen LogP contribution in [-0.2, 0) is 15.0 Å². The number of ketones is 3. The number of aromatic hydroxyl groups is 2. The van der Waals surface area contributed by atoms with Crippen LogP contribution in [-0.4, -0.2) is 49.7 Å². The predicted octanol–water partition coefficient (Wildman–Crippen LogP) is 5.36. The minimum absolute atomic E-state index is 0.0252. The largest absolute Gasteiger partial charge is 0.507 e. The Bertz CT molecular complexity index is 1730. The lowest BCUT2D eigenvalue weighted by Crippen LogP contribution is -2.41. The molecule has 10 nitrogen and oxygen atoms in total. The molecule has 0 fully saturated rings. The van der Waals surface area contributed by atoms with Crippen molar-refractivity contribution in [2.45, 2.75) is 45.6 Å². The molecular formula is C30H28ClN3O7S. The Morgan fingerprint density at radius 1 is 1.19 bits per heavy atom. The van der Waals surface area contributed by atoms with Crippen LogP contribution in [0.25, 0.3) is 11.4 Å². The summed E-state index contributed by atoms with van der Waals surface area (Å²) in [5.74, 6) is -1.50. The zero-order valence-electron chi connectivity index (χ0n) is 23.5. The summed E-state index contributed by atoms with van der Waals surface area (Å²) >= 11 is 7.91. The minimum Gasteiger partial charge on any atom is -0.507 e. The Morgan fingerprint density at radius 2 is 1.90 bits per heavy atom. The normalized spacial score (nSPS) is 19.5. The average Bonchev–Trinajstić information content (AvgIpc) is 3.53. The number of rotatable bonds is 8. The number of allylic oxidation sites excluding steroid dienone is 4. The molecule has 0 radical (unpaired) electrons. The van der Waals surface area contributed by atoms with Crippen LogP contribution in [0, 0.1) is 6.92 Å². The van der Waals surface area contributed by atoms with Gasteiger partial charge in [0, 0.05) is 22.9 Å². The fourth-order valence-electron chi connectivity index (χ4n) is 5.32. The number of thioether (sulfide) groups is 1. The second kappa shape index (κ2) is 11.0. The summed E-state index contributed by atoms with van der Waals surface area (Å²) in [6.45, 7) is 5.79. The summed E-state index contributed by atoms with van der Waals surface area (Å²) in [6, 6.07) is 6.55. The van der Waals surface area contributed by atoms with Crippen LogP contribution >= 0.6 is 23.4 Å². The molecule has 42 heavy (non-hydrogen) atoms. The van der Waals surface area contributed by atoms with E-state index in [0.717, 1.165) is 0 Å². The van der Waals surface area contributed by atoms with Crippen LogP contribution in [0.1, 0.15) is 60.6 Å². The SMILES string of the molecule is CSCC[C@H](N/C(C)=C1\C(=O)C=C2Oc3c(C(C)=O)c(O)c(C)c(O)c3[C@@]2(C)C1=O)c1nc(-c2ccccc2Cl)no1. The van der Waals surface area contributed by atoms with Crippen molar-refractivity contribution in [2.75, 3.05) is 12.0 Å². The van der Waals surface area contributed by atoms with Gasteiger partial charge in [-0.2, -0.15) is 16.7 Å². The van der Waals surface area contributed by atoms with Gasteiger partial charge < -0.3 is 24.8 Å². The number of phenolic OH excluding ortho intramolecular Hbond substituents is 2. The first-order valence-electron chi connectivity index (χ1n) is 13.1. The first kappa shape index (κ1) is 29.4. The number of ether oxygens (including phenoxy) is 1. The first-order chi connectivity index (χ1) is 19.9. The Labute approximate surface area is 250 Å². The lowest BCUT2D eigenvalue weighted by Gasteiger charge is -2.29. The molecule has 1 aliphatic heterocycles. The van der Waals surface area contributed by atoms with Gasteiger partial charge in [-0.25, -0.2) is 0 Å². The predicted molar refractivity (Wildman–Crippen MR) is 157 cm³/mol. The summed E-state index contributed by atoms with van der Waals surface area (Å²) in [7, 11) is 0. The van der Waals surface area contributed by atoms with E-state index in [-0.39, 0.29) is 51.1 Å². The van der Waals surface area contributed by atoms with Gasteiger partial charge in [-0.05, 0) is 58.3 Å². The van der Waals surface area contributed by atoms with Gasteiger partial charge in [0.05, 0.1) is 16.2 Å². The van der Waals surface area contributed by atoms with Crippen molar-refractivity contribution in [3.63, 3.8) is 0 Å². The third kappa shape index (κ3) is 4.57. The van der Waals surface area contributed by atoms with E-state index in [0.29, 0.717) is 28.6 Å². The highest BCUT2D eigenvalue weighted by molar-refractivity contribution is 7.98. The number of hydrogen-bond acceptors (Lipinski definition) is 11. The quantitative estimate of drug-likeness (QED) is 0.172.